The number of hydrogen-bond donors (Lipinski definition) is 1. The van der Waals surface area contributed by atoms with Crippen LogP contribution in [0.1, 0.15) is 19.8 Å². The van der Waals surface area contributed by atoms with Crippen LogP contribution >= 0.6 is 15.9 Å². The second-order valence-corrected chi connectivity index (χ2v) is 6.20. The van der Waals surface area contributed by atoms with Crippen molar-refractivity contribution in [3.8, 4) is 0 Å². The van der Waals surface area contributed by atoms with Gasteiger partial charge in [0.15, 0.2) is 0 Å². The molecular formula is C14H19BrF2N2. The van der Waals surface area contributed by atoms with Crippen molar-refractivity contribution in [2.75, 3.05) is 25.5 Å². The van der Waals surface area contributed by atoms with Gasteiger partial charge in [0, 0.05) is 18.7 Å². The minimum atomic E-state index is -0.447. The lowest BCUT2D eigenvalue weighted by molar-refractivity contribution is 0.197. The molecule has 2 unspecified atom stereocenters. The van der Waals surface area contributed by atoms with Crippen LogP contribution in [0.4, 0.5) is 14.5 Å². The van der Waals surface area contributed by atoms with E-state index in [9.17, 15) is 8.78 Å². The summed E-state index contributed by atoms with van der Waals surface area (Å²) < 4.78 is 27.4. The van der Waals surface area contributed by atoms with E-state index in [0.717, 1.165) is 32.0 Å². The molecule has 2 rings (SSSR count). The molecule has 0 aromatic heterocycles. The van der Waals surface area contributed by atoms with Gasteiger partial charge in [0.1, 0.15) is 11.6 Å². The monoisotopic (exact) mass is 332 g/mol. The lowest BCUT2D eigenvalue weighted by Gasteiger charge is -2.34. The van der Waals surface area contributed by atoms with Crippen LogP contribution in [-0.2, 0) is 0 Å². The molecule has 1 aliphatic heterocycles. The molecule has 0 bridgehead atoms. The highest BCUT2D eigenvalue weighted by atomic mass is 79.9. The summed E-state index contributed by atoms with van der Waals surface area (Å²) in [5.41, 5.74) is 0.237. The Morgan fingerprint density at radius 1 is 1.37 bits per heavy atom. The molecule has 2 nitrogen and oxygen atoms in total. The SMILES string of the molecule is CC(Nc1cc(F)c(Br)cc1F)C1CCCN(C)C1. The van der Waals surface area contributed by atoms with Gasteiger partial charge in [-0.15, -0.1) is 0 Å². The largest absolute Gasteiger partial charge is 0.380 e. The van der Waals surface area contributed by atoms with Gasteiger partial charge < -0.3 is 10.2 Å². The van der Waals surface area contributed by atoms with Crippen molar-refractivity contribution in [1.82, 2.24) is 4.90 Å². The highest BCUT2D eigenvalue weighted by molar-refractivity contribution is 9.10. The first-order valence-corrected chi connectivity index (χ1v) is 7.36. The third-order valence-electron chi connectivity index (χ3n) is 3.76. The summed E-state index contributed by atoms with van der Waals surface area (Å²) in [5.74, 6) is -0.411. The standard InChI is InChI=1S/C14H19BrF2N2/c1-9(10-4-3-5-19(2)8-10)18-14-7-12(16)11(15)6-13(14)17/h6-7,9-10,18H,3-5,8H2,1-2H3. The summed E-state index contributed by atoms with van der Waals surface area (Å²) in [7, 11) is 2.10. The third-order valence-corrected chi connectivity index (χ3v) is 4.37. The van der Waals surface area contributed by atoms with E-state index in [1.165, 1.54) is 6.07 Å². The van der Waals surface area contributed by atoms with Crippen LogP contribution < -0.4 is 5.32 Å². The van der Waals surface area contributed by atoms with E-state index in [-0.39, 0.29) is 16.2 Å². The summed E-state index contributed by atoms with van der Waals surface area (Å²) in [4.78, 5) is 2.28. The molecule has 106 valence electrons. The zero-order valence-corrected chi connectivity index (χ0v) is 12.8. The maximum absolute atomic E-state index is 13.8. The average Bonchev–Trinajstić information content (AvgIpc) is 2.36. The molecule has 1 N–H and O–H groups in total. The first kappa shape index (κ1) is 14.7. The predicted octanol–water partition coefficient (Wildman–Crippen LogP) is 3.87. The molecule has 1 fully saturated rings. The number of benzene rings is 1. The van der Waals surface area contributed by atoms with Gasteiger partial charge in [0.05, 0.1) is 10.2 Å². The van der Waals surface area contributed by atoms with Crippen LogP contribution in [0.5, 0.6) is 0 Å². The topological polar surface area (TPSA) is 15.3 Å². The normalized spacial score (nSPS) is 22.3. The minimum absolute atomic E-state index is 0.123. The molecular weight excluding hydrogens is 314 g/mol. The minimum Gasteiger partial charge on any atom is -0.380 e. The number of hydrogen-bond acceptors (Lipinski definition) is 2. The maximum atomic E-state index is 13.8. The number of nitrogens with one attached hydrogen (secondary N) is 1. The average molecular weight is 333 g/mol. The molecule has 2 atom stereocenters. The molecule has 0 amide bonds. The quantitative estimate of drug-likeness (QED) is 0.845. The molecule has 0 radical (unpaired) electrons. The van der Waals surface area contributed by atoms with Crippen LogP contribution in [0, 0.1) is 17.6 Å². The predicted molar refractivity (Wildman–Crippen MR) is 77.4 cm³/mol. The van der Waals surface area contributed by atoms with Gasteiger partial charge in [0.2, 0.25) is 0 Å². The number of anilines is 1. The van der Waals surface area contributed by atoms with Crippen molar-refractivity contribution >= 4 is 21.6 Å². The van der Waals surface area contributed by atoms with Crippen molar-refractivity contribution in [3.63, 3.8) is 0 Å². The van der Waals surface area contributed by atoms with Gasteiger partial charge in [-0.3, -0.25) is 0 Å². The molecule has 19 heavy (non-hydrogen) atoms. The third kappa shape index (κ3) is 3.66. The summed E-state index contributed by atoms with van der Waals surface area (Å²) >= 11 is 2.98. The van der Waals surface area contributed by atoms with Gasteiger partial charge in [0.25, 0.3) is 0 Å². The Morgan fingerprint density at radius 2 is 2.11 bits per heavy atom. The zero-order chi connectivity index (χ0) is 14.0. The van der Waals surface area contributed by atoms with E-state index in [1.807, 2.05) is 6.92 Å². The van der Waals surface area contributed by atoms with E-state index < -0.39 is 11.6 Å². The Labute approximate surface area is 121 Å². The fourth-order valence-electron chi connectivity index (χ4n) is 2.61. The van der Waals surface area contributed by atoms with E-state index in [1.54, 1.807) is 0 Å². The molecule has 5 heteroatoms. The smallest absolute Gasteiger partial charge is 0.147 e. The zero-order valence-electron chi connectivity index (χ0n) is 11.2. The van der Waals surface area contributed by atoms with Gasteiger partial charge in [-0.2, -0.15) is 0 Å². The fraction of sp³-hybridized carbons (Fsp3) is 0.571. The van der Waals surface area contributed by atoms with Crippen molar-refractivity contribution in [1.29, 1.82) is 0 Å². The van der Waals surface area contributed by atoms with Crippen molar-refractivity contribution in [2.24, 2.45) is 5.92 Å². The maximum Gasteiger partial charge on any atom is 0.147 e. The Morgan fingerprint density at radius 3 is 2.79 bits per heavy atom. The number of nitrogens with zero attached hydrogens (tertiary/aromatic N) is 1. The number of likely N-dealkylation sites (tertiary alicyclic amines) is 1. The highest BCUT2D eigenvalue weighted by Gasteiger charge is 2.23. The first-order valence-electron chi connectivity index (χ1n) is 6.57. The van der Waals surface area contributed by atoms with E-state index in [4.69, 9.17) is 0 Å². The van der Waals surface area contributed by atoms with E-state index in [2.05, 4.69) is 33.2 Å². The Bertz CT molecular complexity index is 453. The van der Waals surface area contributed by atoms with Gasteiger partial charge in [-0.25, -0.2) is 8.78 Å². The van der Waals surface area contributed by atoms with Crippen molar-refractivity contribution in [2.45, 2.75) is 25.8 Å². The second-order valence-electron chi connectivity index (χ2n) is 5.34. The van der Waals surface area contributed by atoms with Gasteiger partial charge in [-0.1, -0.05) is 0 Å². The van der Waals surface area contributed by atoms with Gasteiger partial charge in [-0.05, 0) is 61.3 Å². The Kier molecular flexibility index (Phi) is 4.79. The molecule has 1 aromatic carbocycles. The van der Waals surface area contributed by atoms with Crippen LogP contribution in [0.2, 0.25) is 0 Å². The second kappa shape index (κ2) is 6.18. The fourth-order valence-corrected chi connectivity index (χ4v) is 2.93. The van der Waals surface area contributed by atoms with E-state index in [0.29, 0.717) is 5.92 Å². The molecule has 1 aliphatic rings. The van der Waals surface area contributed by atoms with Gasteiger partial charge >= 0.3 is 0 Å². The molecule has 1 heterocycles. The molecule has 0 saturated carbocycles. The number of rotatable bonds is 3. The van der Waals surface area contributed by atoms with Crippen LogP contribution in [0.3, 0.4) is 0 Å². The Balaban J connectivity index is 2.06. The summed E-state index contributed by atoms with van der Waals surface area (Å²) in [6.45, 7) is 4.14. The molecule has 0 spiro atoms. The molecule has 0 aliphatic carbocycles. The van der Waals surface area contributed by atoms with Crippen LogP contribution in [0.25, 0.3) is 0 Å². The van der Waals surface area contributed by atoms with E-state index >= 15 is 0 Å². The van der Waals surface area contributed by atoms with Crippen LogP contribution in [-0.4, -0.2) is 31.1 Å². The van der Waals surface area contributed by atoms with Crippen molar-refractivity contribution in [3.05, 3.63) is 28.2 Å². The summed E-state index contributed by atoms with van der Waals surface area (Å²) in [6, 6.07) is 2.50. The summed E-state index contributed by atoms with van der Waals surface area (Å²) in [6.07, 6.45) is 2.28. The van der Waals surface area contributed by atoms with Crippen LogP contribution in [0.15, 0.2) is 16.6 Å². The molecule has 1 aromatic rings. The lowest BCUT2D eigenvalue weighted by Crippen LogP contribution is -2.40. The summed E-state index contributed by atoms with van der Waals surface area (Å²) in [5, 5.41) is 3.11. The lowest BCUT2D eigenvalue weighted by atomic mass is 9.91. The molecule has 1 saturated heterocycles. The first-order chi connectivity index (χ1) is 8.97. The van der Waals surface area contributed by atoms with Crippen molar-refractivity contribution < 1.29 is 8.78 Å². The number of piperidine rings is 1. The Hall–Kier alpha value is -0.680. The highest BCUT2D eigenvalue weighted by Crippen LogP contribution is 2.26. The number of halogens is 3.